The summed E-state index contributed by atoms with van der Waals surface area (Å²) >= 11 is 0. The van der Waals surface area contributed by atoms with E-state index in [0.29, 0.717) is 0 Å². The molecule has 0 saturated heterocycles. The second-order valence-electron chi connectivity index (χ2n) is 14.8. The number of benzene rings is 7. The van der Waals surface area contributed by atoms with E-state index in [9.17, 15) is 0 Å². The summed E-state index contributed by atoms with van der Waals surface area (Å²) in [6.45, 7) is 0. The van der Waals surface area contributed by atoms with Crippen LogP contribution in [0.25, 0.3) is 93.1 Å². The number of nitrogens with one attached hydrogen (secondary N) is 1. The normalized spacial score (nSPS) is 15.2. The Morgan fingerprint density at radius 2 is 1.13 bits per heavy atom. The molecule has 5 heteroatoms. The lowest BCUT2D eigenvalue weighted by Gasteiger charge is -2.26. The van der Waals surface area contributed by atoms with Crippen LogP contribution in [0, 0.1) is 0 Å². The average molecular weight is 702 g/mol. The molecular weight excluding hydrogens is 671 g/mol. The molecule has 0 radical (unpaired) electrons. The van der Waals surface area contributed by atoms with Crippen LogP contribution in [-0.4, -0.2) is 25.1 Å². The Bertz CT molecular complexity index is 3570. The maximum atomic E-state index is 5.54. The fraction of sp³-hybridized carbons (Fsp3) is 0.0200. The van der Waals surface area contributed by atoms with Gasteiger partial charge in [-0.05, 0) is 71.8 Å². The first-order chi connectivity index (χ1) is 27.3. The lowest BCUT2D eigenvalue weighted by Crippen LogP contribution is -2.30. The molecule has 1 atom stereocenters. The number of aliphatic imine (C=N–C) groups is 1. The van der Waals surface area contributed by atoms with E-state index < -0.39 is 0 Å². The third-order valence-corrected chi connectivity index (χ3v) is 12.0. The third-order valence-electron chi connectivity index (χ3n) is 12.0. The van der Waals surface area contributed by atoms with Crippen molar-refractivity contribution in [3.8, 4) is 16.8 Å². The first kappa shape index (κ1) is 29.1. The molecule has 1 unspecified atom stereocenters. The Labute approximate surface area is 315 Å². The lowest BCUT2D eigenvalue weighted by molar-refractivity contribution is 1.09. The zero-order valence-electron chi connectivity index (χ0n) is 29.6. The first-order valence-electron chi connectivity index (χ1n) is 18.9. The topological polar surface area (TPSA) is 38.1 Å². The highest BCUT2D eigenvalue weighted by Crippen LogP contribution is 2.49. The largest absolute Gasteiger partial charge is 0.370 e. The number of rotatable bonds is 2. The van der Waals surface area contributed by atoms with Gasteiger partial charge in [0.15, 0.2) is 5.82 Å². The molecule has 0 bridgehead atoms. The van der Waals surface area contributed by atoms with Crippen LogP contribution in [0.1, 0.15) is 0 Å². The monoisotopic (exact) mass is 701 g/mol. The molecule has 1 aliphatic heterocycles. The SMILES string of the molecule is C1=CC2=Nc3c(c4ccccc4n4c5ccccc5c5cc(-c6ccc7c(c6)c6ccccc6n7-c6ccccc6)c6c7ccccc7n3c6c54)NC2C=C1. The summed E-state index contributed by atoms with van der Waals surface area (Å²) in [5.41, 5.74) is 13.8. The molecule has 0 spiro atoms. The van der Waals surface area contributed by atoms with Gasteiger partial charge < -0.3 is 14.3 Å². The summed E-state index contributed by atoms with van der Waals surface area (Å²) in [6, 6.07) is 55.5. The van der Waals surface area contributed by atoms with Gasteiger partial charge in [0.25, 0.3) is 0 Å². The predicted octanol–water partition coefficient (Wildman–Crippen LogP) is 12.6. The standard InChI is InChI=1S/C50H31N5/c1-2-14-31(15-3-1)53-41-22-10-4-16-32(41)37-28-30(26-27-45(37)53)36-29-38-33-17-5-11-23-42(33)54-44-25-13-7-19-35(44)47-50(52-40-21-9-8-20-39(40)51-47)55-43-24-12-6-18-34(43)46(36)49(55)48(38)54/h1-29,39,51H. The second kappa shape index (κ2) is 10.6. The van der Waals surface area contributed by atoms with Crippen molar-refractivity contribution in [3.63, 3.8) is 0 Å². The van der Waals surface area contributed by atoms with Crippen LogP contribution in [0.5, 0.6) is 0 Å². The summed E-state index contributed by atoms with van der Waals surface area (Å²) in [5, 5.41) is 12.5. The third kappa shape index (κ3) is 3.79. The molecule has 1 aliphatic carbocycles. The van der Waals surface area contributed by atoms with Gasteiger partial charge in [-0.3, -0.25) is 4.40 Å². The number of anilines is 1. The summed E-state index contributed by atoms with van der Waals surface area (Å²) in [6.07, 6.45) is 8.54. The van der Waals surface area contributed by atoms with Gasteiger partial charge >= 0.3 is 0 Å². The molecule has 5 nitrogen and oxygen atoms in total. The van der Waals surface area contributed by atoms with Crippen molar-refractivity contribution < 1.29 is 0 Å². The van der Waals surface area contributed by atoms with Crippen molar-refractivity contribution in [2.45, 2.75) is 6.04 Å². The van der Waals surface area contributed by atoms with Crippen molar-refractivity contribution >= 4 is 93.5 Å². The summed E-state index contributed by atoms with van der Waals surface area (Å²) in [7, 11) is 0. The number of allylic oxidation sites excluding steroid dienone is 2. The quantitative estimate of drug-likeness (QED) is 0.191. The van der Waals surface area contributed by atoms with E-state index in [1.807, 2.05) is 0 Å². The summed E-state index contributed by atoms with van der Waals surface area (Å²) < 4.78 is 7.33. The molecule has 0 amide bonds. The Balaban J connectivity index is 1.26. The Morgan fingerprint density at radius 3 is 1.93 bits per heavy atom. The molecule has 2 aliphatic rings. The maximum absolute atomic E-state index is 5.54. The molecule has 0 saturated carbocycles. The van der Waals surface area contributed by atoms with Crippen LogP contribution in [-0.2, 0) is 0 Å². The van der Waals surface area contributed by atoms with E-state index in [0.717, 1.165) is 39.3 Å². The maximum Gasteiger partial charge on any atom is 0.162 e. The minimum atomic E-state index is -0.00878. The number of fused-ring (bicyclic) bond motifs is 15. The molecule has 0 fully saturated rings. The van der Waals surface area contributed by atoms with Gasteiger partial charge in [-0.1, -0.05) is 115 Å². The minimum absolute atomic E-state index is 0.00878. The molecule has 11 aromatic rings. The van der Waals surface area contributed by atoms with Crippen molar-refractivity contribution in [3.05, 3.63) is 176 Å². The van der Waals surface area contributed by atoms with E-state index >= 15 is 0 Å². The van der Waals surface area contributed by atoms with Crippen molar-refractivity contribution in [2.24, 2.45) is 4.99 Å². The van der Waals surface area contributed by atoms with Gasteiger partial charge in [0.2, 0.25) is 0 Å². The smallest absolute Gasteiger partial charge is 0.162 e. The zero-order chi connectivity index (χ0) is 35.8. The van der Waals surface area contributed by atoms with Gasteiger partial charge in [0, 0.05) is 43.4 Å². The van der Waals surface area contributed by atoms with Gasteiger partial charge in [0.05, 0.1) is 56.1 Å². The van der Waals surface area contributed by atoms with Crippen LogP contribution >= 0.6 is 0 Å². The summed E-state index contributed by atoms with van der Waals surface area (Å²) in [4.78, 5) is 5.54. The number of para-hydroxylation sites is 5. The Hall–Kier alpha value is -7.37. The first-order valence-corrected chi connectivity index (χ1v) is 18.9. The van der Waals surface area contributed by atoms with Gasteiger partial charge in [-0.15, -0.1) is 0 Å². The average Bonchev–Trinajstić information content (AvgIpc) is 3.88. The van der Waals surface area contributed by atoms with Gasteiger partial charge in [-0.2, -0.15) is 0 Å². The number of nitrogens with zero attached hydrogens (tertiary/aromatic N) is 4. The molecule has 55 heavy (non-hydrogen) atoms. The van der Waals surface area contributed by atoms with E-state index in [-0.39, 0.29) is 6.04 Å². The Kier molecular flexibility index (Phi) is 5.62. The van der Waals surface area contributed by atoms with Crippen LogP contribution in [0.15, 0.2) is 181 Å². The highest BCUT2D eigenvalue weighted by molar-refractivity contribution is 6.29. The predicted molar refractivity (Wildman–Crippen MR) is 231 cm³/mol. The Morgan fingerprint density at radius 1 is 0.491 bits per heavy atom. The molecular formula is C50H31N5. The van der Waals surface area contributed by atoms with Gasteiger partial charge in [0.1, 0.15) is 0 Å². The number of hydrogen-bond donors (Lipinski definition) is 1. The van der Waals surface area contributed by atoms with Gasteiger partial charge in [-0.25, -0.2) is 4.99 Å². The van der Waals surface area contributed by atoms with E-state index in [2.05, 4.69) is 195 Å². The van der Waals surface area contributed by atoms with E-state index in [1.54, 1.807) is 0 Å². The number of hydrogen-bond acceptors (Lipinski definition) is 2. The van der Waals surface area contributed by atoms with Crippen molar-refractivity contribution in [2.75, 3.05) is 5.32 Å². The highest BCUT2D eigenvalue weighted by atomic mass is 15.1. The van der Waals surface area contributed by atoms with Crippen LogP contribution < -0.4 is 5.32 Å². The molecule has 5 heterocycles. The van der Waals surface area contributed by atoms with E-state index in [4.69, 9.17) is 4.99 Å². The lowest BCUT2D eigenvalue weighted by atomic mass is 9.95. The zero-order valence-corrected chi connectivity index (χ0v) is 29.6. The molecule has 7 aromatic carbocycles. The number of aromatic nitrogens is 3. The fourth-order valence-corrected chi connectivity index (χ4v) is 9.69. The van der Waals surface area contributed by atoms with Crippen LogP contribution in [0.4, 0.5) is 11.5 Å². The van der Waals surface area contributed by atoms with Crippen molar-refractivity contribution in [1.29, 1.82) is 0 Å². The fourth-order valence-electron chi connectivity index (χ4n) is 9.69. The summed E-state index contributed by atoms with van der Waals surface area (Å²) in [5.74, 6) is 0.918. The van der Waals surface area contributed by atoms with Crippen LogP contribution in [0.3, 0.4) is 0 Å². The molecule has 13 rings (SSSR count). The second-order valence-corrected chi connectivity index (χ2v) is 14.8. The molecule has 4 aromatic heterocycles. The van der Waals surface area contributed by atoms with Crippen molar-refractivity contribution in [1.82, 2.24) is 13.4 Å². The highest BCUT2D eigenvalue weighted by Gasteiger charge is 2.28. The minimum Gasteiger partial charge on any atom is -0.370 e. The molecule has 1 N–H and O–H groups in total. The van der Waals surface area contributed by atoms with Crippen LogP contribution in [0.2, 0.25) is 0 Å². The molecule has 256 valence electrons. The van der Waals surface area contributed by atoms with E-state index in [1.165, 1.54) is 71.0 Å².